The first-order chi connectivity index (χ1) is 13.3. The predicted molar refractivity (Wildman–Crippen MR) is 106 cm³/mol. The number of hydrogen-bond acceptors (Lipinski definition) is 3. The highest BCUT2D eigenvalue weighted by molar-refractivity contribution is 5.40. The Kier molecular flexibility index (Phi) is 9.57. The molecule has 7 rings (SSSR count). The standard InChI is InChI=1S/C22H24N4O.2BrH/c1-2-19-16-20(3-1)18-26-12-6-22(7-13-26)24-9-15-27-14-8-23-21-4-10-25(17-19)11-5-21;;/h1-7,10-13,16H,8-9,14-15,17-18H2;2*1H. The molecular weight excluding hydrogens is 496 g/mol. The highest BCUT2D eigenvalue weighted by atomic mass is 79.9. The van der Waals surface area contributed by atoms with Gasteiger partial charge >= 0.3 is 0 Å². The number of benzene rings is 1. The van der Waals surface area contributed by atoms with Crippen LogP contribution in [0.25, 0.3) is 0 Å². The van der Waals surface area contributed by atoms with Crippen molar-refractivity contribution in [3.8, 4) is 0 Å². The maximum absolute atomic E-state index is 5.69. The van der Waals surface area contributed by atoms with Gasteiger partial charge in [-0.05, 0) is 6.07 Å². The van der Waals surface area contributed by atoms with Crippen LogP contribution < -0.4 is 53.7 Å². The SMILES string of the molecule is [Br-].[Br-].c1cc2cc(c1)C[n+]1ccc(cc1)NCCOCCNc1cc[n+](cc1)C2. The van der Waals surface area contributed by atoms with Crippen molar-refractivity contribution < 1.29 is 47.8 Å². The quantitative estimate of drug-likeness (QED) is 0.298. The first-order valence-electron chi connectivity index (χ1n) is 9.47. The highest BCUT2D eigenvalue weighted by Crippen LogP contribution is 2.08. The van der Waals surface area contributed by atoms with Gasteiger partial charge < -0.3 is 49.3 Å². The molecule has 0 radical (unpaired) electrons. The van der Waals surface area contributed by atoms with Crippen molar-refractivity contribution in [2.24, 2.45) is 0 Å². The Labute approximate surface area is 193 Å². The van der Waals surface area contributed by atoms with E-state index in [0.717, 1.165) is 37.6 Å². The predicted octanol–water partition coefficient (Wildman–Crippen LogP) is -3.78. The molecule has 0 fully saturated rings. The molecule has 0 amide bonds. The Morgan fingerprint density at radius 3 is 1.55 bits per heavy atom. The van der Waals surface area contributed by atoms with Crippen LogP contribution >= 0.6 is 0 Å². The number of pyridine rings is 2. The normalized spacial score (nSPS) is 13.9. The lowest BCUT2D eigenvalue weighted by molar-refractivity contribution is -0.689. The molecule has 1 aromatic carbocycles. The fraction of sp³-hybridized carbons (Fsp3) is 0.273. The summed E-state index contributed by atoms with van der Waals surface area (Å²) in [7, 11) is 0. The molecule has 7 heteroatoms. The van der Waals surface area contributed by atoms with Crippen LogP contribution in [0.1, 0.15) is 11.1 Å². The fourth-order valence-corrected chi connectivity index (χ4v) is 3.25. The zero-order chi connectivity index (χ0) is 18.3. The van der Waals surface area contributed by atoms with Gasteiger partial charge in [-0.15, -0.1) is 0 Å². The second-order valence-electron chi connectivity index (χ2n) is 6.80. The Morgan fingerprint density at radius 2 is 1.10 bits per heavy atom. The fourth-order valence-electron chi connectivity index (χ4n) is 3.25. The van der Waals surface area contributed by atoms with Crippen LogP contribution in [0.3, 0.4) is 0 Å². The Hall–Kier alpha value is -1.96. The third-order valence-corrected chi connectivity index (χ3v) is 4.66. The number of nitrogens with one attached hydrogen (secondary N) is 2. The zero-order valence-corrected chi connectivity index (χ0v) is 19.4. The first-order valence-corrected chi connectivity index (χ1v) is 9.47. The number of hydrogen-bond donors (Lipinski definition) is 2. The molecule has 2 aromatic heterocycles. The van der Waals surface area contributed by atoms with Gasteiger partial charge in [0.25, 0.3) is 0 Å². The van der Waals surface area contributed by atoms with Gasteiger partial charge in [0.15, 0.2) is 37.9 Å². The second-order valence-corrected chi connectivity index (χ2v) is 6.80. The second kappa shape index (κ2) is 11.9. The monoisotopic (exact) mass is 520 g/mol. The molecule has 2 N–H and O–H groups in total. The van der Waals surface area contributed by atoms with Crippen LogP contribution in [0, 0.1) is 0 Å². The first kappa shape index (κ1) is 23.3. The highest BCUT2D eigenvalue weighted by Gasteiger charge is 2.08. The zero-order valence-electron chi connectivity index (χ0n) is 16.2. The summed E-state index contributed by atoms with van der Waals surface area (Å²) in [6.07, 6.45) is 8.47. The molecule has 29 heavy (non-hydrogen) atoms. The number of nitrogens with zero attached hydrogens (tertiary/aromatic N) is 2. The summed E-state index contributed by atoms with van der Waals surface area (Å²) >= 11 is 0. The minimum absolute atomic E-state index is 0. The van der Waals surface area contributed by atoms with E-state index in [-0.39, 0.29) is 34.0 Å². The van der Waals surface area contributed by atoms with Gasteiger partial charge in [0.1, 0.15) is 0 Å². The number of halogens is 2. The summed E-state index contributed by atoms with van der Waals surface area (Å²) in [5.41, 5.74) is 4.85. The van der Waals surface area contributed by atoms with Crippen LogP contribution in [0.5, 0.6) is 0 Å². The van der Waals surface area contributed by atoms with Gasteiger partial charge in [0, 0.05) is 59.9 Å². The molecule has 5 nitrogen and oxygen atoms in total. The minimum Gasteiger partial charge on any atom is -1.00 e. The minimum atomic E-state index is 0. The Morgan fingerprint density at radius 1 is 0.655 bits per heavy atom. The Bertz CT molecular complexity index is 804. The Balaban J connectivity index is 0.00000150. The molecule has 0 atom stereocenters. The van der Waals surface area contributed by atoms with Crippen LogP contribution in [0.4, 0.5) is 11.4 Å². The summed E-state index contributed by atoms with van der Waals surface area (Å²) in [4.78, 5) is 0. The van der Waals surface area contributed by atoms with E-state index in [2.05, 4.69) is 93.1 Å². The third-order valence-electron chi connectivity index (χ3n) is 4.66. The molecule has 6 bridgehead atoms. The maximum Gasteiger partial charge on any atom is 0.173 e. The molecule has 4 aliphatic heterocycles. The topological polar surface area (TPSA) is 41.1 Å². The lowest BCUT2D eigenvalue weighted by Crippen LogP contribution is -3.00. The van der Waals surface area contributed by atoms with Crippen molar-refractivity contribution in [1.29, 1.82) is 0 Å². The van der Waals surface area contributed by atoms with Crippen molar-refractivity contribution in [1.82, 2.24) is 0 Å². The summed E-state index contributed by atoms with van der Waals surface area (Å²) in [5, 5.41) is 6.80. The van der Waals surface area contributed by atoms with Crippen molar-refractivity contribution in [2.75, 3.05) is 36.9 Å². The number of anilines is 2. The van der Waals surface area contributed by atoms with E-state index in [1.54, 1.807) is 0 Å². The maximum atomic E-state index is 5.69. The van der Waals surface area contributed by atoms with Crippen LogP contribution in [0.2, 0.25) is 0 Å². The molecular formula is C22H26Br2N4O. The van der Waals surface area contributed by atoms with Crippen molar-refractivity contribution in [3.05, 3.63) is 84.4 Å². The summed E-state index contributed by atoms with van der Waals surface area (Å²) in [6, 6.07) is 17.2. The summed E-state index contributed by atoms with van der Waals surface area (Å²) < 4.78 is 10.1. The van der Waals surface area contributed by atoms with Crippen LogP contribution in [-0.4, -0.2) is 26.3 Å². The van der Waals surface area contributed by atoms with Gasteiger partial charge in [-0.25, -0.2) is 9.13 Å². The van der Waals surface area contributed by atoms with Gasteiger partial charge in [-0.2, -0.15) is 0 Å². The summed E-state index contributed by atoms with van der Waals surface area (Å²) in [6.45, 7) is 4.72. The number of aromatic nitrogens is 2. The van der Waals surface area contributed by atoms with E-state index in [1.807, 2.05) is 0 Å². The van der Waals surface area contributed by atoms with E-state index in [4.69, 9.17) is 4.74 Å². The number of rotatable bonds is 0. The van der Waals surface area contributed by atoms with Gasteiger partial charge in [-0.3, -0.25) is 0 Å². The van der Waals surface area contributed by atoms with Crippen LogP contribution in [0.15, 0.2) is 73.3 Å². The lowest BCUT2D eigenvalue weighted by atomic mass is 10.1. The molecule has 0 unspecified atom stereocenters. The van der Waals surface area contributed by atoms with Crippen molar-refractivity contribution in [3.63, 3.8) is 0 Å². The molecule has 0 saturated carbocycles. The molecule has 3 aromatic rings. The van der Waals surface area contributed by atoms with Gasteiger partial charge in [0.05, 0.1) is 13.2 Å². The lowest BCUT2D eigenvalue weighted by Gasteiger charge is -2.09. The van der Waals surface area contributed by atoms with E-state index < -0.39 is 0 Å². The van der Waals surface area contributed by atoms with E-state index in [0.29, 0.717) is 13.2 Å². The van der Waals surface area contributed by atoms with Crippen LogP contribution in [-0.2, 0) is 17.8 Å². The van der Waals surface area contributed by atoms with Crippen molar-refractivity contribution in [2.45, 2.75) is 13.1 Å². The van der Waals surface area contributed by atoms with E-state index in [1.165, 1.54) is 11.1 Å². The number of ether oxygens (including phenoxy) is 1. The smallest absolute Gasteiger partial charge is 0.173 e. The largest absolute Gasteiger partial charge is 1.00 e. The molecule has 154 valence electrons. The van der Waals surface area contributed by atoms with Gasteiger partial charge in [-0.1, -0.05) is 18.2 Å². The van der Waals surface area contributed by atoms with E-state index >= 15 is 0 Å². The summed E-state index contributed by atoms with van der Waals surface area (Å²) in [5.74, 6) is 0. The molecule has 4 aliphatic rings. The molecule has 0 saturated heterocycles. The van der Waals surface area contributed by atoms with E-state index in [9.17, 15) is 0 Å². The molecule has 6 heterocycles. The van der Waals surface area contributed by atoms with Gasteiger partial charge in [0.2, 0.25) is 0 Å². The molecule has 0 spiro atoms. The van der Waals surface area contributed by atoms with Crippen molar-refractivity contribution >= 4 is 11.4 Å². The molecule has 0 aliphatic carbocycles. The average molecular weight is 522 g/mol. The average Bonchev–Trinajstić information content (AvgIpc) is 2.69. The third kappa shape index (κ3) is 7.10.